The highest BCUT2D eigenvalue weighted by atomic mass is 16.4. The zero-order valence-corrected chi connectivity index (χ0v) is 15.6. The van der Waals surface area contributed by atoms with Gasteiger partial charge in [0, 0.05) is 5.97 Å². The maximum absolute atomic E-state index is 10.2. The van der Waals surface area contributed by atoms with Crippen LogP contribution in [0.1, 0.15) is 110 Å². The van der Waals surface area contributed by atoms with E-state index in [1.807, 2.05) is 0 Å². The van der Waals surface area contributed by atoms with Gasteiger partial charge in [0.15, 0.2) is 12.6 Å². The number of aldehydes is 2. The van der Waals surface area contributed by atoms with Crippen LogP contribution in [0.25, 0.3) is 0 Å². The monoisotopic (exact) mass is 341 g/mol. The van der Waals surface area contributed by atoms with E-state index >= 15 is 0 Å². The summed E-state index contributed by atoms with van der Waals surface area (Å²) in [6.07, 6.45) is 20.2. The fraction of sp³-hybridized carbons (Fsp3) is 0.850. The lowest BCUT2D eigenvalue weighted by molar-refractivity contribution is -0.305. The molecule has 0 aromatic heterocycles. The topological polar surface area (TPSA) is 74.3 Å². The largest absolute Gasteiger partial charge is 0.550 e. The van der Waals surface area contributed by atoms with Crippen LogP contribution in [0.3, 0.4) is 0 Å². The molecule has 0 aliphatic heterocycles. The molecule has 0 heterocycles. The Kier molecular flexibility index (Phi) is 25.1. The van der Waals surface area contributed by atoms with Crippen molar-refractivity contribution in [3.05, 3.63) is 0 Å². The van der Waals surface area contributed by atoms with E-state index in [4.69, 9.17) is 9.59 Å². The average Bonchev–Trinajstić information content (AvgIpc) is 2.58. The van der Waals surface area contributed by atoms with Crippen molar-refractivity contribution in [1.29, 1.82) is 0 Å². The number of hydrogen-bond acceptors (Lipinski definition) is 4. The molecule has 0 aromatic rings. The van der Waals surface area contributed by atoms with Crippen LogP contribution in [-0.4, -0.2) is 18.5 Å². The van der Waals surface area contributed by atoms with E-state index in [1.54, 1.807) is 0 Å². The summed E-state index contributed by atoms with van der Waals surface area (Å²) in [5, 5.41) is 10.2. The van der Waals surface area contributed by atoms with Gasteiger partial charge in [-0.05, 0) is 12.8 Å². The summed E-state index contributed by atoms with van der Waals surface area (Å²) in [6, 6.07) is 0. The molecule has 0 saturated heterocycles. The van der Waals surface area contributed by atoms with E-state index in [1.165, 1.54) is 83.5 Å². The van der Waals surface area contributed by atoms with Gasteiger partial charge < -0.3 is 9.90 Å². The molecule has 0 fully saturated rings. The molecule has 0 atom stereocenters. The smallest absolute Gasteiger partial charge is 0.182 e. The van der Waals surface area contributed by atoms with Crippen LogP contribution in [-0.2, 0) is 14.4 Å². The second-order valence-electron chi connectivity index (χ2n) is 6.34. The highest BCUT2D eigenvalue weighted by molar-refractivity contribution is 6.09. The molecule has 4 heteroatoms. The molecule has 0 unspecified atom stereocenters. The Labute approximate surface area is 148 Å². The summed E-state index contributed by atoms with van der Waals surface area (Å²) >= 11 is 0. The van der Waals surface area contributed by atoms with Gasteiger partial charge in [-0.25, -0.2) is 0 Å². The van der Waals surface area contributed by atoms with Gasteiger partial charge in [-0.3, -0.25) is 9.59 Å². The van der Waals surface area contributed by atoms with Crippen LogP contribution in [0.5, 0.6) is 0 Å². The molecule has 0 bridgehead atoms. The zero-order valence-electron chi connectivity index (χ0n) is 15.6. The normalized spacial score (nSPS) is 9.88. The molecule has 0 aliphatic carbocycles. The van der Waals surface area contributed by atoms with Crippen molar-refractivity contribution < 1.29 is 19.5 Å². The van der Waals surface area contributed by atoms with Crippen molar-refractivity contribution in [3.8, 4) is 0 Å². The fourth-order valence-corrected chi connectivity index (χ4v) is 2.64. The molecule has 0 saturated carbocycles. The standard InChI is InChI=1S/C18H36O2.C2H2O2/c1-2-3-4-5-6-7-8-9-10-11-12-13-14-15-16-17-18(19)20;3-1-2-4/h2-17H2,1H3,(H,19,20);1-2H/p-1. The molecular formula is C20H37O4-. The highest BCUT2D eigenvalue weighted by Gasteiger charge is 1.94. The molecule has 0 rings (SSSR count). The van der Waals surface area contributed by atoms with Gasteiger partial charge in [-0.2, -0.15) is 0 Å². The van der Waals surface area contributed by atoms with Crippen LogP contribution in [0.15, 0.2) is 0 Å². The van der Waals surface area contributed by atoms with Crippen LogP contribution >= 0.6 is 0 Å². The third kappa shape index (κ3) is 28.9. The van der Waals surface area contributed by atoms with Crippen molar-refractivity contribution >= 4 is 18.5 Å². The minimum absolute atomic E-state index is 0.194. The SMILES string of the molecule is CCCCCCCCCCCCCCCCCC(=O)[O-].O=CC=O. The fourth-order valence-electron chi connectivity index (χ4n) is 2.64. The molecule has 0 aliphatic rings. The molecule has 142 valence electrons. The number of carbonyl (C=O) groups is 3. The van der Waals surface area contributed by atoms with Gasteiger partial charge in [-0.15, -0.1) is 0 Å². The van der Waals surface area contributed by atoms with E-state index in [0.29, 0.717) is 0 Å². The highest BCUT2D eigenvalue weighted by Crippen LogP contribution is 2.13. The second-order valence-corrected chi connectivity index (χ2v) is 6.34. The number of carboxylic acid groups (broad SMARTS) is 1. The van der Waals surface area contributed by atoms with Gasteiger partial charge in [0.25, 0.3) is 0 Å². The molecule has 4 nitrogen and oxygen atoms in total. The molecule has 0 N–H and O–H groups in total. The zero-order chi connectivity index (χ0) is 18.3. The van der Waals surface area contributed by atoms with Crippen LogP contribution in [0, 0.1) is 0 Å². The van der Waals surface area contributed by atoms with Crippen LogP contribution in [0.4, 0.5) is 0 Å². The van der Waals surface area contributed by atoms with Crippen molar-refractivity contribution in [2.75, 3.05) is 0 Å². The maximum atomic E-state index is 10.2. The number of hydrogen-bond donors (Lipinski definition) is 0. The lowest BCUT2D eigenvalue weighted by Crippen LogP contribution is -2.21. The molecule has 0 spiro atoms. The lowest BCUT2D eigenvalue weighted by atomic mass is 10.0. The van der Waals surface area contributed by atoms with Gasteiger partial charge in [0.2, 0.25) is 0 Å². The first kappa shape index (κ1) is 25.1. The Balaban J connectivity index is 0. The van der Waals surface area contributed by atoms with Crippen molar-refractivity contribution in [1.82, 2.24) is 0 Å². The Morgan fingerprint density at radius 2 is 0.917 bits per heavy atom. The summed E-state index contributed by atoms with van der Waals surface area (Å²) in [7, 11) is 0. The van der Waals surface area contributed by atoms with Crippen molar-refractivity contribution in [2.24, 2.45) is 0 Å². The number of unbranched alkanes of at least 4 members (excludes halogenated alkanes) is 14. The predicted molar refractivity (Wildman–Crippen MR) is 96.7 cm³/mol. The van der Waals surface area contributed by atoms with E-state index < -0.39 is 5.97 Å². The average molecular weight is 342 g/mol. The Morgan fingerprint density at radius 1 is 0.625 bits per heavy atom. The molecule has 24 heavy (non-hydrogen) atoms. The molecule has 0 radical (unpaired) electrons. The Bertz CT molecular complexity index is 271. The van der Waals surface area contributed by atoms with Gasteiger partial charge in [0.05, 0.1) is 0 Å². The minimum Gasteiger partial charge on any atom is -0.550 e. The van der Waals surface area contributed by atoms with E-state index in [0.717, 1.165) is 12.8 Å². The second kappa shape index (κ2) is 24.1. The summed E-state index contributed by atoms with van der Waals surface area (Å²) in [4.78, 5) is 27.8. The first-order valence-corrected chi connectivity index (χ1v) is 9.77. The van der Waals surface area contributed by atoms with Gasteiger partial charge in [0.1, 0.15) is 0 Å². The summed E-state index contributed by atoms with van der Waals surface area (Å²) in [5.74, 6) is -0.903. The predicted octanol–water partition coefficient (Wildman–Crippen LogP) is 4.38. The third-order valence-corrected chi connectivity index (χ3v) is 4.04. The summed E-state index contributed by atoms with van der Waals surface area (Å²) in [5.41, 5.74) is 0. The first-order valence-electron chi connectivity index (χ1n) is 9.77. The van der Waals surface area contributed by atoms with Crippen molar-refractivity contribution in [3.63, 3.8) is 0 Å². The molecular weight excluding hydrogens is 304 g/mol. The number of rotatable bonds is 17. The van der Waals surface area contributed by atoms with Crippen LogP contribution < -0.4 is 5.11 Å². The molecule has 0 amide bonds. The maximum Gasteiger partial charge on any atom is 0.182 e. The minimum atomic E-state index is -0.903. The number of carboxylic acids is 1. The third-order valence-electron chi connectivity index (χ3n) is 4.04. The quantitative estimate of drug-likeness (QED) is 0.223. The Hall–Kier alpha value is -1.19. The number of aliphatic carboxylic acids is 1. The van der Waals surface area contributed by atoms with E-state index in [2.05, 4.69) is 6.92 Å². The van der Waals surface area contributed by atoms with E-state index in [-0.39, 0.29) is 19.0 Å². The summed E-state index contributed by atoms with van der Waals surface area (Å²) < 4.78 is 0. The van der Waals surface area contributed by atoms with Crippen molar-refractivity contribution in [2.45, 2.75) is 110 Å². The van der Waals surface area contributed by atoms with E-state index in [9.17, 15) is 9.90 Å². The lowest BCUT2D eigenvalue weighted by Gasteiger charge is -2.04. The summed E-state index contributed by atoms with van der Waals surface area (Å²) in [6.45, 7) is 2.27. The van der Waals surface area contributed by atoms with Gasteiger partial charge >= 0.3 is 0 Å². The molecule has 0 aromatic carbocycles. The van der Waals surface area contributed by atoms with Gasteiger partial charge in [-0.1, -0.05) is 96.8 Å². The Morgan fingerprint density at radius 3 is 1.17 bits per heavy atom. The van der Waals surface area contributed by atoms with Crippen LogP contribution in [0.2, 0.25) is 0 Å². The first-order chi connectivity index (χ1) is 11.7. The number of carbonyl (C=O) groups excluding carboxylic acids is 3.